The van der Waals surface area contributed by atoms with Crippen LogP contribution in [0.2, 0.25) is 0 Å². The Labute approximate surface area is 131 Å². The predicted molar refractivity (Wildman–Crippen MR) is 79.0 cm³/mol. The number of rotatable bonds is 0. The fourth-order valence-electron chi connectivity index (χ4n) is 16.7. The first-order valence-corrected chi connectivity index (χ1v) is 10.7. The van der Waals surface area contributed by atoms with Gasteiger partial charge in [-0.15, -0.1) is 0 Å². The molecule has 12 aliphatic rings. The largest absolute Gasteiger partial charge is 0.0588 e. The fraction of sp³-hybridized carbons (Fsp3) is 1.00. The summed E-state index contributed by atoms with van der Waals surface area (Å²) in [7, 11) is 0. The summed E-state index contributed by atoms with van der Waals surface area (Å²) in [5.41, 5.74) is 1.77. The van der Waals surface area contributed by atoms with Crippen molar-refractivity contribution in [2.45, 2.75) is 13.8 Å². The molecular formula is C22H24. The van der Waals surface area contributed by atoms with E-state index in [1.165, 1.54) is 107 Å². The number of hydrogen-bond donors (Lipinski definition) is 0. The Hall–Kier alpha value is 0. The normalized spacial score (nSPS) is 106. The Bertz CT molecular complexity index is 676. The third-order valence-electron chi connectivity index (χ3n) is 14.6. The zero-order valence-electron chi connectivity index (χ0n) is 13.4. The molecule has 0 bridgehead atoms. The van der Waals surface area contributed by atoms with Gasteiger partial charge in [-0.2, -0.15) is 0 Å². The second kappa shape index (κ2) is 1.93. The molecule has 0 spiro atoms. The topological polar surface area (TPSA) is 0 Å². The van der Waals surface area contributed by atoms with Gasteiger partial charge in [-0.3, -0.25) is 0 Å². The van der Waals surface area contributed by atoms with Crippen LogP contribution in [0.4, 0.5) is 0 Å². The van der Waals surface area contributed by atoms with Crippen LogP contribution < -0.4 is 0 Å². The lowest BCUT2D eigenvalue weighted by Gasteiger charge is -2.40. The summed E-state index contributed by atoms with van der Waals surface area (Å²) in [6.07, 6.45) is 0. The molecule has 12 fully saturated rings. The quantitative estimate of drug-likeness (QED) is 0.642. The molecule has 0 heterocycles. The van der Waals surface area contributed by atoms with Crippen molar-refractivity contribution < 1.29 is 0 Å². The smallest absolute Gasteiger partial charge is 0.0224 e. The molecule has 0 N–H and O–H groups in total. The van der Waals surface area contributed by atoms with E-state index in [0.29, 0.717) is 0 Å². The zero-order chi connectivity index (χ0) is 13.4. The summed E-state index contributed by atoms with van der Waals surface area (Å²) >= 11 is 0. The lowest BCUT2D eigenvalue weighted by Crippen LogP contribution is -2.36. The van der Waals surface area contributed by atoms with Crippen molar-refractivity contribution in [2.24, 2.45) is 117 Å². The fourth-order valence-corrected chi connectivity index (χ4v) is 16.7. The lowest BCUT2D eigenvalue weighted by molar-refractivity contribution is 0.0701. The molecule has 112 valence electrons. The highest BCUT2D eigenvalue weighted by Gasteiger charge is 3.02. The van der Waals surface area contributed by atoms with E-state index in [1.807, 2.05) is 0 Å². The molecule has 20 atom stereocenters. The molecule has 0 radical (unpaired) electrons. The molecule has 0 aliphatic heterocycles. The van der Waals surface area contributed by atoms with Crippen LogP contribution in [0, 0.1) is 117 Å². The van der Waals surface area contributed by atoms with Gasteiger partial charge < -0.3 is 0 Å². The Morgan fingerprint density at radius 3 is 0.864 bits per heavy atom. The maximum Gasteiger partial charge on any atom is -0.0224 e. The van der Waals surface area contributed by atoms with E-state index >= 15 is 0 Å². The van der Waals surface area contributed by atoms with Crippen LogP contribution in [-0.4, -0.2) is 0 Å². The summed E-state index contributed by atoms with van der Waals surface area (Å²) in [5, 5.41) is 0. The van der Waals surface area contributed by atoms with Gasteiger partial charge in [0.2, 0.25) is 0 Å². The third kappa shape index (κ3) is 0.414. The molecule has 0 saturated heterocycles. The van der Waals surface area contributed by atoms with Crippen molar-refractivity contribution in [3.8, 4) is 0 Å². The lowest BCUT2D eigenvalue weighted by atomic mass is 9.64. The first-order valence-electron chi connectivity index (χ1n) is 10.7. The van der Waals surface area contributed by atoms with Crippen LogP contribution in [0.3, 0.4) is 0 Å². The van der Waals surface area contributed by atoms with Crippen molar-refractivity contribution >= 4 is 0 Å². The Balaban J connectivity index is 1.49. The minimum absolute atomic E-state index is 0.883. The average molecular weight is 288 g/mol. The Kier molecular flexibility index (Phi) is 0.830. The summed E-state index contributed by atoms with van der Waals surface area (Å²) in [5.74, 6) is 23.0. The molecule has 0 aromatic carbocycles. The van der Waals surface area contributed by atoms with Gasteiger partial charge in [0.05, 0.1) is 0 Å². The minimum Gasteiger partial charge on any atom is -0.0588 e. The van der Waals surface area contributed by atoms with E-state index in [9.17, 15) is 0 Å². The van der Waals surface area contributed by atoms with Crippen LogP contribution in [0.5, 0.6) is 0 Å². The zero-order valence-corrected chi connectivity index (χ0v) is 13.4. The van der Waals surface area contributed by atoms with Gasteiger partial charge in [0, 0.05) is 0 Å². The van der Waals surface area contributed by atoms with Crippen LogP contribution in [0.25, 0.3) is 0 Å². The average Bonchev–Trinajstić information content (AvgIpc) is 3.15. The van der Waals surface area contributed by atoms with Crippen LogP contribution >= 0.6 is 0 Å². The highest BCUT2D eigenvalue weighted by Crippen LogP contribution is 3.06. The van der Waals surface area contributed by atoms with Gasteiger partial charge in [0.1, 0.15) is 0 Å². The van der Waals surface area contributed by atoms with Gasteiger partial charge >= 0.3 is 0 Å². The minimum atomic E-state index is 0.883. The van der Waals surface area contributed by atoms with E-state index in [4.69, 9.17) is 0 Å². The van der Waals surface area contributed by atoms with Gasteiger partial charge in [-0.05, 0) is 117 Å². The van der Waals surface area contributed by atoms with Crippen molar-refractivity contribution in [1.82, 2.24) is 0 Å². The van der Waals surface area contributed by atoms with Gasteiger partial charge in [0.15, 0.2) is 0 Å². The van der Waals surface area contributed by atoms with E-state index < -0.39 is 0 Å². The Morgan fingerprint density at radius 2 is 0.545 bits per heavy atom. The van der Waals surface area contributed by atoms with Gasteiger partial charge in [0.25, 0.3) is 0 Å². The summed E-state index contributed by atoms with van der Waals surface area (Å²) < 4.78 is 0. The third-order valence-corrected chi connectivity index (χ3v) is 14.6. The standard InChI is InChI=1S/C22H24/c1-21-15-5-3-4-6(15)10-12-8(4)16-7(3)11-9(5)17(21)13-14(18(10)21)20(12)22(16,2)19(11)13/h3-20H,1-2H3/t3?,4?,5-,6-,7-,8+,9-,10-,11+,12-,13?,14?,15?,16?,17-,18-,19-,20-,21?,22?/m1/s1. The number of hydrogen-bond acceptors (Lipinski definition) is 0. The molecule has 0 aromatic rings. The highest BCUT2D eigenvalue weighted by molar-refractivity contribution is 5.49. The predicted octanol–water partition coefficient (Wildman–Crippen LogP) is 3.24. The van der Waals surface area contributed by atoms with Crippen molar-refractivity contribution in [3.05, 3.63) is 0 Å². The van der Waals surface area contributed by atoms with Crippen LogP contribution in [-0.2, 0) is 0 Å². The van der Waals surface area contributed by atoms with Gasteiger partial charge in [-0.1, -0.05) is 13.8 Å². The molecule has 0 aromatic heterocycles. The van der Waals surface area contributed by atoms with Crippen LogP contribution in [0.15, 0.2) is 0 Å². The monoisotopic (exact) mass is 288 g/mol. The maximum atomic E-state index is 2.89. The molecule has 0 amide bonds. The van der Waals surface area contributed by atoms with Gasteiger partial charge in [-0.25, -0.2) is 0 Å². The molecule has 0 nitrogen and oxygen atoms in total. The summed E-state index contributed by atoms with van der Waals surface area (Å²) in [6, 6.07) is 0. The second-order valence-electron chi connectivity index (χ2n) is 12.8. The molecule has 12 rings (SSSR count). The SMILES string of the molecule is CC12C3[C@@H]4C5C6[C@@H]3[C@@H]3[C@@H]7[C@@H]6C6[C@@H]5[C@@H]5[C@@H]4[C@@H]1C1C([C@@H]32)[C@@H]7C6(C)[C@@H]15. The first kappa shape index (κ1) is 9.47. The van der Waals surface area contributed by atoms with E-state index in [1.54, 1.807) is 0 Å². The maximum absolute atomic E-state index is 2.89. The van der Waals surface area contributed by atoms with Crippen LogP contribution in [0.1, 0.15) is 13.8 Å². The Morgan fingerprint density at radius 1 is 0.318 bits per heavy atom. The molecular weight excluding hydrogens is 264 g/mol. The summed E-state index contributed by atoms with van der Waals surface area (Å²) in [6.45, 7) is 5.78. The summed E-state index contributed by atoms with van der Waals surface area (Å²) in [4.78, 5) is 0. The molecule has 12 saturated carbocycles. The van der Waals surface area contributed by atoms with Crippen molar-refractivity contribution in [2.75, 3.05) is 0 Å². The van der Waals surface area contributed by atoms with E-state index in [-0.39, 0.29) is 0 Å². The molecule has 8 unspecified atom stereocenters. The highest BCUT2D eigenvalue weighted by atomic mass is 15.1. The van der Waals surface area contributed by atoms with E-state index in [0.717, 1.165) is 10.8 Å². The van der Waals surface area contributed by atoms with Crippen molar-refractivity contribution in [1.29, 1.82) is 0 Å². The molecule has 0 heteroatoms. The molecule has 22 heavy (non-hydrogen) atoms. The second-order valence-corrected chi connectivity index (χ2v) is 12.8. The van der Waals surface area contributed by atoms with E-state index in [2.05, 4.69) is 13.8 Å². The first-order chi connectivity index (χ1) is 10.7. The molecule has 12 aliphatic carbocycles. The van der Waals surface area contributed by atoms with Crippen molar-refractivity contribution in [3.63, 3.8) is 0 Å².